The lowest BCUT2D eigenvalue weighted by molar-refractivity contribution is -0.164. The van der Waals surface area contributed by atoms with Crippen molar-refractivity contribution in [1.29, 1.82) is 0 Å². The minimum absolute atomic E-state index is 0.0390. The highest BCUT2D eigenvalue weighted by atomic mass is 16.5. The van der Waals surface area contributed by atoms with Crippen LogP contribution in [0.15, 0.2) is 24.0 Å². The minimum Gasteiger partial charge on any atom is -0.497 e. The molecule has 0 saturated heterocycles. The molecule has 4 nitrogen and oxygen atoms in total. The third-order valence-corrected chi connectivity index (χ3v) is 4.74. The third-order valence-electron chi connectivity index (χ3n) is 4.74. The molecule has 3 aliphatic rings. The summed E-state index contributed by atoms with van der Waals surface area (Å²) >= 11 is 0. The molecule has 0 aromatic heterocycles. The molecule has 2 heterocycles. The second kappa shape index (κ2) is 5.08. The topological polar surface area (TPSA) is 52.6 Å². The lowest BCUT2D eigenvalue weighted by Gasteiger charge is -2.47. The first-order chi connectivity index (χ1) is 9.61. The summed E-state index contributed by atoms with van der Waals surface area (Å²) in [6.07, 6.45) is 6.92. The van der Waals surface area contributed by atoms with Gasteiger partial charge in [-0.25, -0.2) is 4.79 Å². The number of allylic oxidation sites excluding steroid dienone is 1. The highest BCUT2D eigenvalue weighted by Gasteiger charge is 2.50. The van der Waals surface area contributed by atoms with Crippen LogP contribution in [0.1, 0.15) is 33.1 Å². The van der Waals surface area contributed by atoms with E-state index in [9.17, 15) is 9.59 Å². The number of hydrogen-bond acceptors (Lipinski definition) is 4. The molecule has 108 valence electrons. The van der Waals surface area contributed by atoms with Gasteiger partial charge in [-0.1, -0.05) is 25.8 Å². The van der Waals surface area contributed by atoms with Gasteiger partial charge in [0.05, 0.1) is 12.2 Å². The standard InChI is InChI=1S/C16H20O4/c1-3-4-10-7-14(18)20-16-9(2)15-12(8-11(10)16)13(17)5-6-19-15/h5-7,9,11-12,15-16H,3-4,8H2,1-2H3. The van der Waals surface area contributed by atoms with Gasteiger partial charge in [0.15, 0.2) is 5.78 Å². The van der Waals surface area contributed by atoms with Gasteiger partial charge in [0, 0.05) is 24.0 Å². The van der Waals surface area contributed by atoms with Gasteiger partial charge >= 0.3 is 5.97 Å². The summed E-state index contributed by atoms with van der Waals surface area (Å²) in [5.41, 5.74) is 1.14. The highest BCUT2D eigenvalue weighted by Crippen LogP contribution is 2.45. The average molecular weight is 276 g/mol. The van der Waals surface area contributed by atoms with Gasteiger partial charge < -0.3 is 9.47 Å². The predicted molar refractivity (Wildman–Crippen MR) is 72.7 cm³/mol. The quantitative estimate of drug-likeness (QED) is 0.727. The number of fused-ring (bicyclic) bond motifs is 2. The summed E-state index contributed by atoms with van der Waals surface area (Å²) in [5, 5.41) is 0. The van der Waals surface area contributed by atoms with Crippen molar-refractivity contribution in [2.75, 3.05) is 0 Å². The maximum Gasteiger partial charge on any atom is 0.331 e. The Morgan fingerprint density at radius 2 is 2.05 bits per heavy atom. The molecule has 0 N–H and O–H groups in total. The van der Waals surface area contributed by atoms with E-state index in [2.05, 4.69) is 6.92 Å². The number of hydrogen-bond donors (Lipinski definition) is 0. The van der Waals surface area contributed by atoms with E-state index in [1.807, 2.05) is 6.92 Å². The van der Waals surface area contributed by atoms with Crippen molar-refractivity contribution >= 4 is 11.8 Å². The average Bonchev–Trinajstić information content (AvgIpc) is 2.42. The largest absolute Gasteiger partial charge is 0.497 e. The zero-order valence-corrected chi connectivity index (χ0v) is 11.9. The number of carbonyl (C=O) groups is 2. The molecule has 1 aliphatic carbocycles. The first-order valence-corrected chi connectivity index (χ1v) is 7.38. The Morgan fingerprint density at radius 1 is 1.25 bits per heavy atom. The maximum atomic E-state index is 12.1. The van der Waals surface area contributed by atoms with Crippen molar-refractivity contribution in [3.05, 3.63) is 24.0 Å². The van der Waals surface area contributed by atoms with Gasteiger partial charge in [-0.15, -0.1) is 0 Å². The molecule has 4 heteroatoms. The van der Waals surface area contributed by atoms with E-state index in [1.54, 1.807) is 6.08 Å². The van der Waals surface area contributed by atoms with Gasteiger partial charge in [-0.05, 0) is 12.8 Å². The highest BCUT2D eigenvalue weighted by molar-refractivity contribution is 5.93. The molecule has 20 heavy (non-hydrogen) atoms. The fourth-order valence-electron chi connectivity index (χ4n) is 3.80. The van der Waals surface area contributed by atoms with Crippen LogP contribution >= 0.6 is 0 Å². The summed E-state index contributed by atoms with van der Waals surface area (Å²) in [6, 6.07) is 0. The van der Waals surface area contributed by atoms with Crippen LogP contribution in [-0.4, -0.2) is 24.0 Å². The van der Waals surface area contributed by atoms with Gasteiger partial charge in [-0.3, -0.25) is 4.79 Å². The second-order valence-electron chi connectivity index (χ2n) is 5.98. The van der Waals surface area contributed by atoms with E-state index in [4.69, 9.17) is 9.47 Å². The summed E-state index contributed by atoms with van der Waals surface area (Å²) in [7, 11) is 0. The molecule has 0 aromatic rings. The van der Waals surface area contributed by atoms with Crippen molar-refractivity contribution in [1.82, 2.24) is 0 Å². The first-order valence-electron chi connectivity index (χ1n) is 7.38. The molecule has 0 radical (unpaired) electrons. The molecular weight excluding hydrogens is 256 g/mol. The Kier molecular flexibility index (Phi) is 3.40. The van der Waals surface area contributed by atoms with Gasteiger partial charge in [0.25, 0.3) is 0 Å². The molecule has 5 unspecified atom stereocenters. The maximum absolute atomic E-state index is 12.1. The Labute approximate surface area is 118 Å². The van der Waals surface area contributed by atoms with Crippen molar-refractivity contribution < 1.29 is 19.1 Å². The first kappa shape index (κ1) is 13.4. The molecule has 1 fully saturated rings. The fraction of sp³-hybridized carbons (Fsp3) is 0.625. The van der Waals surface area contributed by atoms with Gasteiger partial charge in [-0.2, -0.15) is 0 Å². The van der Waals surface area contributed by atoms with E-state index in [-0.39, 0.29) is 41.7 Å². The molecule has 2 aliphatic heterocycles. The third kappa shape index (κ3) is 2.07. The van der Waals surface area contributed by atoms with Crippen molar-refractivity contribution in [3.63, 3.8) is 0 Å². The summed E-state index contributed by atoms with van der Waals surface area (Å²) in [4.78, 5) is 23.8. The van der Waals surface area contributed by atoms with E-state index in [1.165, 1.54) is 12.3 Å². The van der Waals surface area contributed by atoms with Crippen LogP contribution in [0.5, 0.6) is 0 Å². The normalized spacial score (nSPS) is 39.3. The number of carbonyl (C=O) groups excluding carboxylic acids is 2. The smallest absolute Gasteiger partial charge is 0.331 e. The van der Waals surface area contributed by atoms with Crippen molar-refractivity contribution in [2.24, 2.45) is 17.8 Å². The summed E-state index contributed by atoms with van der Waals surface area (Å²) in [5.74, 6) is -0.00890. The Balaban J connectivity index is 1.92. The minimum atomic E-state index is -0.252. The monoisotopic (exact) mass is 276 g/mol. The Bertz CT molecular complexity index is 491. The van der Waals surface area contributed by atoms with E-state index in [0.29, 0.717) is 0 Å². The Morgan fingerprint density at radius 3 is 2.80 bits per heavy atom. The van der Waals surface area contributed by atoms with Crippen LogP contribution in [-0.2, 0) is 19.1 Å². The van der Waals surface area contributed by atoms with E-state index < -0.39 is 0 Å². The second-order valence-corrected chi connectivity index (χ2v) is 5.98. The molecule has 3 rings (SSSR count). The lowest BCUT2D eigenvalue weighted by Crippen LogP contribution is -2.53. The Hall–Kier alpha value is -1.58. The number of ketones is 1. The van der Waals surface area contributed by atoms with Crippen molar-refractivity contribution in [3.8, 4) is 0 Å². The zero-order valence-electron chi connectivity index (χ0n) is 11.9. The molecule has 0 amide bonds. The lowest BCUT2D eigenvalue weighted by atomic mass is 9.66. The van der Waals surface area contributed by atoms with Gasteiger partial charge in [0.2, 0.25) is 0 Å². The van der Waals surface area contributed by atoms with Crippen LogP contribution in [0.25, 0.3) is 0 Å². The van der Waals surface area contributed by atoms with Crippen LogP contribution in [0.3, 0.4) is 0 Å². The van der Waals surface area contributed by atoms with Crippen LogP contribution in [0.4, 0.5) is 0 Å². The zero-order chi connectivity index (χ0) is 14.3. The molecule has 1 saturated carbocycles. The number of esters is 1. The van der Waals surface area contributed by atoms with Gasteiger partial charge in [0.1, 0.15) is 12.2 Å². The predicted octanol–water partition coefficient (Wildman–Crippen LogP) is 2.39. The van der Waals surface area contributed by atoms with Crippen molar-refractivity contribution in [2.45, 2.75) is 45.3 Å². The van der Waals surface area contributed by atoms with Crippen LogP contribution < -0.4 is 0 Å². The molecule has 0 spiro atoms. The fourth-order valence-corrected chi connectivity index (χ4v) is 3.80. The molecular formula is C16H20O4. The molecule has 5 atom stereocenters. The SMILES string of the molecule is CCCC1=CC(=O)OC2C1CC1C(=O)C=COC1C2C. The molecule has 0 aromatic carbocycles. The van der Waals surface area contributed by atoms with Crippen LogP contribution in [0.2, 0.25) is 0 Å². The van der Waals surface area contributed by atoms with E-state index >= 15 is 0 Å². The number of rotatable bonds is 2. The number of ether oxygens (including phenoxy) is 2. The van der Waals surface area contributed by atoms with Crippen LogP contribution in [0, 0.1) is 17.8 Å². The summed E-state index contributed by atoms with van der Waals surface area (Å²) < 4.78 is 11.2. The summed E-state index contributed by atoms with van der Waals surface area (Å²) in [6.45, 7) is 4.12. The molecule has 0 bridgehead atoms. The van der Waals surface area contributed by atoms with E-state index in [0.717, 1.165) is 24.8 Å².